The first kappa shape index (κ1) is 13.7. The van der Waals surface area contributed by atoms with Gasteiger partial charge in [-0.2, -0.15) is 0 Å². The molecule has 0 aromatic heterocycles. The number of esters is 1. The van der Waals surface area contributed by atoms with E-state index in [1.54, 1.807) is 6.92 Å². The summed E-state index contributed by atoms with van der Waals surface area (Å²) < 4.78 is 4.77. The van der Waals surface area contributed by atoms with E-state index < -0.39 is 11.9 Å². The molecule has 0 spiro atoms. The van der Waals surface area contributed by atoms with Gasteiger partial charge in [0.25, 0.3) is 0 Å². The molecule has 15 heavy (non-hydrogen) atoms. The Bertz CT molecular complexity index is 253. The number of carboxylic acids is 1. The van der Waals surface area contributed by atoms with Crippen LogP contribution in [0.5, 0.6) is 0 Å². The number of hydrogen-bond donors (Lipinski definition) is 1. The fourth-order valence-electron chi connectivity index (χ4n) is 1.05. The predicted octanol–water partition coefficient (Wildman–Crippen LogP) is 2.00. The zero-order valence-electron chi connectivity index (χ0n) is 9.45. The number of rotatable bonds is 6. The van der Waals surface area contributed by atoms with Crippen LogP contribution in [0.1, 0.15) is 33.6 Å². The molecule has 0 fully saturated rings. The van der Waals surface area contributed by atoms with Crippen LogP contribution in [0.15, 0.2) is 11.6 Å². The highest BCUT2D eigenvalue weighted by molar-refractivity contribution is 5.95. The molecule has 0 amide bonds. The molecule has 4 heteroatoms. The molecule has 0 aliphatic carbocycles. The second kappa shape index (κ2) is 7.04. The van der Waals surface area contributed by atoms with Gasteiger partial charge in [0.1, 0.15) is 0 Å². The summed E-state index contributed by atoms with van der Waals surface area (Å²) in [5.41, 5.74) is 0.234. The van der Waals surface area contributed by atoms with E-state index in [2.05, 4.69) is 0 Å². The molecule has 0 saturated carbocycles. The lowest BCUT2D eigenvalue weighted by atomic mass is 10.0. The van der Waals surface area contributed by atoms with Crippen LogP contribution in [0.3, 0.4) is 0 Å². The maximum absolute atomic E-state index is 11.3. The van der Waals surface area contributed by atoms with Gasteiger partial charge in [0.15, 0.2) is 0 Å². The van der Waals surface area contributed by atoms with Gasteiger partial charge in [-0.15, -0.1) is 0 Å². The average Bonchev–Trinajstić information content (AvgIpc) is 2.11. The summed E-state index contributed by atoms with van der Waals surface area (Å²) in [6.07, 6.45) is 2.15. The minimum atomic E-state index is -1.11. The number of carbonyl (C=O) groups is 2. The fraction of sp³-hybridized carbons (Fsp3) is 0.636. The van der Waals surface area contributed by atoms with Crippen LogP contribution >= 0.6 is 0 Å². The van der Waals surface area contributed by atoms with Crippen LogP contribution < -0.4 is 0 Å². The van der Waals surface area contributed by atoms with Crippen molar-refractivity contribution in [3.63, 3.8) is 0 Å². The first-order valence-corrected chi connectivity index (χ1v) is 5.08. The summed E-state index contributed by atoms with van der Waals surface area (Å²) in [6, 6.07) is 0. The summed E-state index contributed by atoms with van der Waals surface area (Å²) in [5.74, 6) is -1.21. The lowest BCUT2D eigenvalue weighted by Crippen LogP contribution is -2.10. The molecule has 0 unspecified atom stereocenters. The average molecular weight is 214 g/mol. The highest BCUT2D eigenvalue weighted by Crippen LogP contribution is 2.12. The van der Waals surface area contributed by atoms with Crippen molar-refractivity contribution in [1.82, 2.24) is 0 Å². The molecule has 86 valence electrons. The highest BCUT2D eigenvalue weighted by atomic mass is 16.5. The van der Waals surface area contributed by atoms with Crippen LogP contribution in [0.25, 0.3) is 0 Å². The zero-order valence-corrected chi connectivity index (χ0v) is 9.45. The molecular weight excluding hydrogens is 196 g/mol. The molecule has 0 bridgehead atoms. The normalized spacial score (nSPS) is 11.6. The van der Waals surface area contributed by atoms with Crippen molar-refractivity contribution >= 4 is 11.9 Å². The highest BCUT2D eigenvalue weighted by Gasteiger charge is 2.12. The number of ether oxygens (including phenoxy) is 1. The van der Waals surface area contributed by atoms with Crippen molar-refractivity contribution in [3.8, 4) is 0 Å². The van der Waals surface area contributed by atoms with E-state index in [9.17, 15) is 9.59 Å². The Morgan fingerprint density at radius 2 is 2.00 bits per heavy atom. The smallest absolute Gasteiger partial charge is 0.334 e. The predicted molar refractivity (Wildman–Crippen MR) is 56.4 cm³/mol. The first-order chi connectivity index (χ1) is 6.97. The Balaban J connectivity index is 4.45. The van der Waals surface area contributed by atoms with Crippen molar-refractivity contribution < 1.29 is 19.4 Å². The third-order valence-corrected chi connectivity index (χ3v) is 1.83. The quantitative estimate of drug-likeness (QED) is 0.542. The third kappa shape index (κ3) is 6.71. The Morgan fingerprint density at radius 3 is 2.40 bits per heavy atom. The molecule has 0 aliphatic heterocycles. The van der Waals surface area contributed by atoms with Gasteiger partial charge in [-0.05, 0) is 25.7 Å². The van der Waals surface area contributed by atoms with Crippen molar-refractivity contribution in [2.45, 2.75) is 33.6 Å². The molecule has 0 aromatic rings. The topological polar surface area (TPSA) is 63.6 Å². The van der Waals surface area contributed by atoms with Gasteiger partial charge in [0.05, 0.1) is 6.61 Å². The molecule has 0 rings (SSSR count). The minimum Gasteiger partial charge on any atom is -0.478 e. The Hall–Kier alpha value is -1.32. The first-order valence-electron chi connectivity index (χ1n) is 5.08. The molecular formula is C11H18O4. The van der Waals surface area contributed by atoms with E-state index in [1.807, 2.05) is 13.8 Å². The second-order valence-corrected chi connectivity index (χ2v) is 3.66. The molecule has 0 aliphatic rings. The number of hydrogen-bond acceptors (Lipinski definition) is 3. The maximum Gasteiger partial charge on any atom is 0.334 e. The van der Waals surface area contributed by atoms with Gasteiger partial charge in [0, 0.05) is 11.6 Å². The SMILES string of the molecule is CCOC(=O)/C(=C\C(=O)O)CCC(C)C. The van der Waals surface area contributed by atoms with Crippen LogP contribution in [0.2, 0.25) is 0 Å². The van der Waals surface area contributed by atoms with Gasteiger partial charge in [0.2, 0.25) is 0 Å². The van der Waals surface area contributed by atoms with Gasteiger partial charge >= 0.3 is 11.9 Å². The van der Waals surface area contributed by atoms with Crippen molar-refractivity contribution in [2.24, 2.45) is 5.92 Å². The van der Waals surface area contributed by atoms with Gasteiger partial charge < -0.3 is 9.84 Å². The number of carboxylic acid groups (broad SMARTS) is 1. The molecule has 0 heterocycles. The fourth-order valence-corrected chi connectivity index (χ4v) is 1.05. The van der Waals surface area contributed by atoms with E-state index in [0.717, 1.165) is 12.5 Å². The molecule has 0 atom stereocenters. The summed E-state index contributed by atoms with van der Waals surface area (Å²) in [4.78, 5) is 21.8. The maximum atomic E-state index is 11.3. The number of carbonyl (C=O) groups excluding carboxylic acids is 1. The molecule has 0 saturated heterocycles. The molecule has 0 aromatic carbocycles. The Labute approximate surface area is 89.9 Å². The molecule has 0 radical (unpaired) electrons. The summed E-state index contributed by atoms with van der Waals surface area (Å²) in [5, 5.41) is 8.58. The molecule has 4 nitrogen and oxygen atoms in total. The summed E-state index contributed by atoms with van der Waals surface area (Å²) in [6.45, 7) is 5.99. The van der Waals surface area contributed by atoms with E-state index in [4.69, 9.17) is 9.84 Å². The lowest BCUT2D eigenvalue weighted by Gasteiger charge is -2.07. The summed E-state index contributed by atoms with van der Waals surface area (Å²) >= 11 is 0. The van der Waals surface area contributed by atoms with Crippen LogP contribution in [-0.4, -0.2) is 23.7 Å². The van der Waals surface area contributed by atoms with E-state index in [-0.39, 0.29) is 12.2 Å². The Kier molecular flexibility index (Phi) is 6.42. The summed E-state index contributed by atoms with van der Waals surface area (Å²) in [7, 11) is 0. The standard InChI is InChI=1S/C11H18O4/c1-4-15-11(14)9(7-10(12)13)6-5-8(2)3/h7-8H,4-6H2,1-3H3,(H,12,13)/b9-7-. The van der Waals surface area contributed by atoms with Crippen LogP contribution in [0, 0.1) is 5.92 Å². The second-order valence-electron chi connectivity index (χ2n) is 3.66. The van der Waals surface area contributed by atoms with E-state index in [0.29, 0.717) is 12.3 Å². The minimum absolute atomic E-state index is 0.234. The lowest BCUT2D eigenvalue weighted by molar-refractivity contribution is -0.139. The van der Waals surface area contributed by atoms with Crippen LogP contribution in [0.4, 0.5) is 0 Å². The van der Waals surface area contributed by atoms with Gasteiger partial charge in [-0.3, -0.25) is 0 Å². The monoisotopic (exact) mass is 214 g/mol. The molecule has 1 N–H and O–H groups in total. The van der Waals surface area contributed by atoms with Crippen molar-refractivity contribution in [1.29, 1.82) is 0 Å². The van der Waals surface area contributed by atoms with E-state index >= 15 is 0 Å². The largest absolute Gasteiger partial charge is 0.478 e. The third-order valence-electron chi connectivity index (χ3n) is 1.83. The van der Waals surface area contributed by atoms with Crippen molar-refractivity contribution in [3.05, 3.63) is 11.6 Å². The zero-order chi connectivity index (χ0) is 11.8. The van der Waals surface area contributed by atoms with Gasteiger partial charge in [-0.1, -0.05) is 13.8 Å². The van der Waals surface area contributed by atoms with Crippen molar-refractivity contribution in [2.75, 3.05) is 6.61 Å². The van der Waals surface area contributed by atoms with Crippen LogP contribution in [-0.2, 0) is 14.3 Å². The number of aliphatic carboxylic acids is 1. The van der Waals surface area contributed by atoms with E-state index in [1.165, 1.54) is 0 Å². The Morgan fingerprint density at radius 1 is 1.40 bits per heavy atom. The van der Waals surface area contributed by atoms with Gasteiger partial charge in [-0.25, -0.2) is 9.59 Å².